The van der Waals surface area contributed by atoms with Gasteiger partial charge in [-0.3, -0.25) is 0 Å². The van der Waals surface area contributed by atoms with E-state index in [2.05, 4.69) is 5.32 Å². The second-order valence-electron chi connectivity index (χ2n) is 1.84. The molecule has 0 aliphatic rings. The fourth-order valence-corrected chi connectivity index (χ4v) is 0.520. The molecule has 0 aliphatic heterocycles. The molecule has 0 aliphatic carbocycles. The first kappa shape index (κ1) is 9.01. The summed E-state index contributed by atoms with van der Waals surface area (Å²) in [6.07, 6.45) is 1.61. The van der Waals surface area contributed by atoms with Gasteiger partial charge in [-0.1, -0.05) is 0 Å². The molecule has 3 heteroatoms. The van der Waals surface area contributed by atoms with Crippen molar-refractivity contribution in [1.82, 2.24) is 5.32 Å². The van der Waals surface area contributed by atoms with Gasteiger partial charge in [0.25, 0.3) is 0 Å². The molecule has 0 aromatic rings. The van der Waals surface area contributed by atoms with E-state index in [1.807, 2.05) is 0 Å². The molecule has 0 aromatic carbocycles. The smallest absolute Gasteiger partial charge is 0.335 e. The van der Waals surface area contributed by atoms with Crippen LogP contribution >= 0.6 is 0 Å². The van der Waals surface area contributed by atoms with E-state index in [0.29, 0.717) is 12.2 Å². The highest BCUT2D eigenvalue weighted by Gasteiger charge is 2.01. The lowest BCUT2D eigenvalue weighted by Gasteiger charge is -1.99. The van der Waals surface area contributed by atoms with Gasteiger partial charge in [0, 0.05) is 18.8 Å². The van der Waals surface area contributed by atoms with Crippen molar-refractivity contribution in [3.05, 3.63) is 11.8 Å². The maximum Gasteiger partial charge on any atom is 0.335 e. The Bertz CT molecular complexity index is 141. The van der Waals surface area contributed by atoms with Gasteiger partial charge in [0.05, 0.1) is 6.61 Å². The molecular formula is C7H13NO2. The van der Waals surface area contributed by atoms with Crippen LogP contribution in [-0.4, -0.2) is 19.6 Å². The van der Waals surface area contributed by atoms with E-state index in [0.717, 1.165) is 0 Å². The molecule has 0 saturated carbocycles. The molecule has 0 spiro atoms. The minimum Gasteiger partial charge on any atom is -0.463 e. The first-order valence-corrected chi connectivity index (χ1v) is 3.23. The fourth-order valence-electron chi connectivity index (χ4n) is 0.520. The zero-order chi connectivity index (χ0) is 7.98. The summed E-state index contributed by atoms with van der Waals surface area (Å²) in [4.78, 5) is 10.8. The Kier molecular flexibility index (Phi) is 4.37. The molecule has 0 fully saturated rings. The van der Waals surface area contributed by atoms with Crippen molar-refractivity contribution in [2.45, 2.75) is 13.8 Å². The second-order valence-corrected chi connectivity index (χ2v) is 1.84. The summed E-state index contributed by atoms with van der Waals surface area (Å²) < 4.78 is 4.71. The predicted octanol–water partition coefficient (Wildman–Crippen LogP) is 0.673. The molecule has 58 valence electrons. The molecular weight excluding hydrogens is 130 g/mol. The van der Waals surface area contributed by atoms with Crippen molar-refractivity contribution in [3.63, 3.8) is 0 Å². The maximum atomic E-state index is 10.8. The SMILES string of the molecule is CCOC(=O)/C(C)=C\NC. The summed E-state index contributed by atoms with van der Waals surface area (Å²) in [5.41, 5.74) is 0.587. The van der Waals surface area contributed by atoms with Crippen LogP contribution in [0.3, 0.4) is 0 Å². The van der Waals surface area contributed by atoms with Gasteiger partial charge in [-0.05, 0) is 13.8 Å². The van der Waals surface area contributed by atoms with Crippen molar-refractivity contribution < 1.29 is 9.53 Å². The van der Waals surface area contributed by atoms with Crippen LogP contribution < -0.4 is 5.32 Å². The molecule has 0 amide bonds. The van der Waals surface area contributed by atoms with Crippen molar-refractivity contribution in [2.24, 2.45) is 0 Å². The molecule has 0 aromatic heterocycles. The standard InChI is InChI=1S/C7H13NO2/c1-4-10-7(9)6(2)5-8-3/h5,8H,4H2,1-3H3/b6-5-. The Morgan fingerprint density at radius 1 is 1.70 bits per heavy atom. The first-order chi connectivity index (χ1) is 4.72. The summed E-state index contributed by atoms with van der Waals surface area (Å²) in [7, 11) is 1.74. The summed E-state index contributed by atoms with van der Waals surface area (Å²) in [5, 5.41) is 2.74. The number of rotatable bonds is 3. The van der Waals surface area contributed by atoms with Crippen molar-refractivity contribution in [1.29, 1.82) is 0 Å². The van der Waals surface area contributed by atoms with Crippen LogP contribution in [0.25, 0.3) is 0 Å². The molecule has 0 unspecified atom stereocenters. The lowest BCUT2D eigenvalue weighted by molar-refractivity contribution is -0.138. The average molecular weight is 143 g/mol. The quantitative estimate of drug-likeness (QED) is 0.466. The topological polar surface area (TPSA) is 38.3 Å². The van der Waals surface area contributed by atoms with Crippen molar-refractivity contribution in [2.75, 3.05) is 13.7 Å². The normalized spacial score (nSPS) is 10.9. The number of hydrogen-bond donors (Lipinski definition) is 1. The highest BCUT2D eigenvalue weighted by molar-refractivity contribution is 5.87. The van der Waals surface area contributed by atoms with Crippen LogP contribution in [0.1, 0.15) is 13.8 Å². The van der Waals surface area contributed by atoms with Crippen molar-refractivity contribution in [3.8, 4) is 0 Å². The minimum atomic E-state index is -0.267. The molecule has 0 radical (unpaired) electrons. The van der Waals surface area contributed by atoms with Gasteiger partial charge in [0.15, 0.2) is 0 Å². The summed E-state index contributed by atoms with van der Waals surface area (Å²) >= 11 is 0. The number of carbonyl (C=O) groups is 1. The van der Waals surface area contributed by atoms with Crippen molar-refractivity contribution >= 4 is 5.97 Å². The van der Waals surface area contributed by atoms with Crippen LogP contribution in [0.4, 0.5) is 0 Å². The number of ether oxygens (including phenoxy) is 1. The number of esters is 1. The van der Waals surface area contributed by atoms with Crippen LogP contribution in [0.2, 0.25) is 0 Å². The van der Waals surface area contributed by atoms with Crippen LogP contribution in [0.15, 0.2) is 11.8 Å². The van der Waals surface area contributed by atoms with Crippen LogP contribution in [-0.2, 0) is 9.53 Å². The molecule has 0 bridgehead atoms. The van der Waals surface area contributed by atoms with Gasteiger partial charge >= 0.3 is 5.97 Å². The van der Waals surface area contributed by atoms with Crippen LogP contribution in [0, 0.1) is 0 Å². The van der Waals surface area contributed by atoms with E-state index >= 15 is 0 Å². The Hall–Kier alpha value is -0.990. The van der Waals surface area contributed by atoms with E-state index in [4.69, 9.17) is 4.74 Å². The van der Waals surface area contributed by atoms with Gasteiger partial charge < -0.3 is 10.1 Å². The third-order valence-electron chi connectivity index (χ3n) is 0.958. The molecule has 1 N–H and O–H groups in total. The number of nitrogens with one attached hydrogen (secondary N) is 1. The van der Waals surface area contributed by atoms with E-state index in [-0.39, 0.29) is 5.97 Å². The largest absolute Gasteiger partial charge is 0.463 e. The van der Waals surface area contributed by atoms with E-state index in [1.54, 1.807) is 27.1 Å². The maximum absolute atomic E-state index is 10.8. The molecule has 0 heterocycles. The zero-order valence-electron chi connectivity index (χ0n) is 6.60. The third kappa shape index (κ3) is 3.12. The molecule has 0 rings (SSSR count). The first-order valence-electron chi connectivity index (χ1n) is 3.23. The number of hydrogen-bond acceptors (Lipinski definition) is 3. The van der Waals surface area contributed by atoms with E-state index in [9.17, 15) is 4.79 Å². The minimum absolute atomic E-state index is 0.267. The highest BCUT2D eigenvalue weighted by atomic mass is 16.5. The summed E-state index contributed by atoms with van der Waals surface area (Å²) in [5.74, 6) is -0.267. The lowest BCUT2D eigenvalue weighted by Crippen LogP contribution is -2.08. The lowest BCUT2D eigenvalue weighted by atomic mass is 10.3. The molecule has 10 heavy (non-hydrogen) atoms. The Morgan fingerprint density at radius 3 is 2.70 bits per heavy atom. The predicted molar refractivity (Wildman–Crippen MR) is 39.4 cm³/mol. The monoisotopic (exact) mass is 143 g/mol. The Balaban J connectivity index is 3.82. The van der Waals surface area contributed by atoms with Gasteiger partial charge in [-0.15, -0.1) is 0 Å². The number of carbonyl (C=O) groups excluding carboxylic acids is 1. The van der Waals surface area contributed by atoms with E-state index < -0.39 is 0 Å². The second kappa shape index (κ2) is 4.85. The summed E-state index contributed by atoms with van der Waals surface area (Å²) in [6.45, 7) is 3.91. The van der Waals surface area contributed by atoms with Crippen LogP contribution in [0.5, 0.6) is 0 Å². The van der Waals surface area contributed by atoms with Gasteiger partial charge in [0.1, 0.15) is 0 Å². The molecule has 3 nitrogen and oxygen atoms in total. The van der Waals surface area contributed by atoms with Gasteiger partial charge in [-0.25, -0.2) is 4.79 Å². The zero-order valence-corrected chi connectivity index (χ0v) is 6.60. The van der Waals surface area contributed by atoms with Gasteiger partial charge in [-0.2, -0.15) is 0 Å². The molecule has 0 saturated heterocycles. The Labute approximate surface area is 61.1 Å². The highest BCUT2D eigenvalue weighted by Crippen LogP contribution is 1.93. The summed E-state index contributed by atoms with van der Waals surface area (Å²) in [6, 6.07) is 0. The van der Waals surface area contributed by atoms with E-state index in [1.165, 1.54) is 0 Å². The fraction of sp³-hybridized carbons (Fsp3) is 0.571. The van der Waals surface area contributed by atoms with Gasteiger partial charge in [0.2, 0.25) is 0 Å². The average Bonchev–Trinajstić information content (AvgIpc) is 1.89. The molecule has 0 atom stereocenters. The Morgan fingerprint density at radius 2 is 2.30 bits per heavy atom. The third-order valence-corrected chi connectivity index (χ3v) is 0.958.